The van der Waals surface area contributed by atoms with E-state index >= 15 is 0 Å². The molecule has 0 bridgehead atoms. The van der Waals surface area contributed by atoms with Crippen molar-refractivity contribution in [2.24, 2.45) is 5.41 Å². The Kier molecular flexibility index (Phi) is 4.42. The number of benzene rings is 1. The Bertz CT molecular complexity index is 366. The van der Waals surface area contributed by atoms with E-state index in [2.05, 4.69) is 0 Å². The van der Waals surface area contributed by atoms with Crippen LogP contribution in [0.1, 0.15) is 20.8 Å². The lowest BCUT2D eigenvalue weighted by Crippen LogP contribution is -2.21. The predicted molar refractivity (Wildman–Crippen MR) is 68.2 cm³/mol. The summed E-state index contributed by atoms with van der Waals surface area (Å²) in [6, 6.07) is 7.75. The summed E-state index contributed by atoms with van der Waals surface area (Å²) >= 11 is 1.53. The summed E-state index contributed by atoms with van der Waals surface area (Å²) in [6.07, 6.45) is 0. The summed E-state index contributed by atoms with van der Waals surface area (Å²) in [5.41, 5.74) is -0.269. The fourth-order valence-corrected chi connectivity index (χ4v) is 2.29. The number of carbonyl (C=O) groups excluding carboxylic acids is 1. The van der Waals surface area contributed by atoms with Crippen LogP contribution in [0.4, 0.5) is 0 Å². The van der Waals surface area contributed by atoms with Crippen LogP contribution in [0.3, 0.4) is 0 Å². The quantitative estimate of drug-likeness (QED) is 0.752. The summed E-state index contributed by atoms with van der Waals surface area (Å²) in [5.74, 6) is 1.57. The van der Waals surface area contributed by atoms with Crippen LogP contribution in [0, 0.1) is 5.41 Å². The van der Waals surface area contributed by atoms with Crippen molar-refractivity contribution in [3.63, 3.8) is 0 Å². The molecule has 0 heterocycles. The summed E-state index contributed by atoms with van der Waals surface area (Å²) in [7, 11) is 1.64. The molecule has 1 aromatic rings. The Labute approximate surface area is 101 Å². The molecule has 0 aromatic heterocycles. The summed E-state index contributed by atoms with van der Waals surface area (Å²) in [6.45, 7) is 5.83. The van der Waals surface area contributed by atoms with E-state index in [4.69, 9.17) is 4.74 Å². The molecule has 0 saturated carbocycles. The van der Waals surface area contributed by atoms with Crippen LogP contribution in [-0.2, 0) is 4.79 Å². The van der Waals surface area contributed by atoms with Crippen molar-refractivity contribution in [1.82, 2.24) is 0 Å². The van der Waals surface area contributed by atoms with Crippen LogP contribution < -0.4 is 4.74 Å². The number of carbonyl (C=O) groups is 1. The van der Waals surface area contributed by atoms with Gasteiger partial charge in [0.05, 0.1) is 12.9 Å². The first-order valence-electron chi connectivity index (χ1n) is 5.24. The molecule has 1 aromatic carbocycles. The largest absolute Gasteiger partial charge is 0.496 e. The lowest BCUT2D eigenvalue weighted by molar-refractivity contribution is -0.123. The minimum atomic E-state index is -0.269. The average molecular weight is 238 g/mol. The Morgan fingerprint density at radius 1 is 1.31 bits per heavy atom. The van der Waals surface area contributed by atoms with Gasteiger partial charge in [0.25, 0.3) is 0 Å². The molecule has 0 fully saturated rings. The number of hydrogen-bond donors (Lipinski definition) is 0. The highest BCUT2D eigenvalue weighted by molar-refractivity contribution is 8.00. The van der Waals surface area contributed by atoms with Gasteiger partial charge in [0, 0.05) is 10.3 Å². The van der Waals surface area contributed by atoms with Crippen molar-refractivity contribution in [3.05, 3.63) is 24.3 Å². The Hall–Kier alpha value is -0.960. The predicted octanol–water partition coefficient (Wildman–Crippen LogP) is 3.40. The van der Waals surface area contributed by atoms with E-state index in [1.165, 1.54) is 11.8 Å². The molecular weight excluding hydrogens is 220 g/mol. The molecular formula is C13H18O2S. The fourth-order valence-electron chi connectivity index (χ4n) is 1.10. The van der Waals surface area contributed by atoms with Gasteiger partial charge in [0.1, 0.15) is 11.5 Å². The maximum atomic E-state index is 11.8. The highest BCUT2D eigenvalue weighted by Crippen LogP contribution is 2.30. The lowest BCUT2D eigenvalue weighted by Gasteiger charge is -2.16. The Morgan fingerprint density at radius 3 is 2.50 bits per heavy atom. The van der Waals surface area contributed by atoms with Crippen LogP contribution in [-0.4, -0.2) is 18.6 Å². The minimum Gasteiger partial charge on any atom is -0.496 e. The van der Waals surface area contributed by atoms with Crippen molar-refractivity contribution in [1.29, 1.82) is 0 Å². The van der Waals surface area contributed by atoms with Crippen molar-refractivity contribution >= 4 is 17.5 Å². The first kappa shape index (κ1) is 13.1. The molecule has 3 heteroatoms. The van der Waals surface area contributed by atoms with Crippen LogP contribution in [0.5, 0.6) is 5.75 Å². The third-order valence-electron chi connectivity index (χ3n) is 2.26. The number of ether oxygens (including phenoxy) is 1. The van der Waals surface area contributed by atoms with Crippen LogP contribution in [0.2, 0.25) is 0 Å². The highest BCUT2D eigenvalue weighted by atomic mass is 32.2. The number of Topliss-reactive ketones (excluding diaryl/α,β-unsaturated/α-hetero) is 1. The van der Waals surface area contributed by atoms with E-state index < -0.39 is 0 Å². The first-order valence-corrected chi connectivity index (χ1v) is 6.23. The summed E-state index contributed by atoms with van der Waals surface area (Å²) in [5, 5.41) is 0. The third kappa shape index (κ3) is 3.56. The highest BCUT2D eigenvalue weighted by Gasteiger charge is 2.21. The zero-order valence-electron chi connectivity index (χ0n) is 10.2. The van der Waals surface area contributed by atoms with Gasteiger partial charge in [0.2, 0.25) is 0 Å². The average Bonchev–Trinajstić information content (AvgIpc) is 2.24. The van der Waals surface area contributed by atoms with Crippen molar-refractivity contribution in [2.45, 2.75) is 25.7 Å². The monoisotopic (exact) mass is 238 g/mol. The van der Waals surface area contributed by atoms with Crippen molar-refractivity contribution < 1.29 is 9.53 Å². The molecule has 88 valence electrons. The molecule has 0 N–H and O–H groups in total. The molecule has 0 aliphatic rings. The first-order chi connectivity index (χ1) is 7.45. The van der Waals surface area contributed by atoms with Gasteiger partial charge in [-0.05, 0) is 12.1 Å². The molecule has 0 saturated heterocycles. The van der Waals surface area contributed by atoms with Crippen LogP contribution >= 0.6 is 11.8 Å². The maximum Gasteiger partial charge on any atom is 0.148 e. The Morgan fingerprint density at radius 2 is 1.94 bits per heavy atom. The Balaban J connectivity index is 2.65. The van der Waals surface area contributed by atoms with Crippen molar-refractivity contribution in [2.75, 3.05) is 12.9 Å². The maximum absolute atomic E-state index is 11.8. The second-order valence-corrected chi connectivity index (χ2v) is 5.63. The fraction of sp³-hybridized carbons (Fsp3) is 0.462. The number of hydrogen-bond acceptors (Lipinski definition) is 3. The van der Waals surface area contributed by atoms with Gasteiger partial charge in [-0.2, -0.15) is 0 Å². The molecule has 0 amide bonds. The van der Waals surface area contributed by atoms with Crippen molar-refractivity contribution in [3.8, 4) is 5.75 Å². The lowest BCUT2D eigenvalue weighted by atomic mass is 9.92. The number of rotatable bonds is 4. The molecule has 1 rings (SSSR count). The zero-order valence-corrected chi connectivity index (χ0v) is 11.1. The third-order valence-corrected chi connectivity index (χ3v) is 3.32. The molecule has 2 nitrogen and oxygen atoms in total. The molecule has 0 unspecified atom stereocenters. The second-order valence-electron chi connectivity index (χ2n) is 4.61. The summed E-state index contributed by atoms with van der Waals surface area (Å²) in [4.78, 5) is 12.8. The normalized spacial score (nSPS) is 11.2. The van der Waals surface area contributed by atoms with Gasteiger partial charge in [-0.15, -0.1) is 11.8 Å². The van der Waals surface area contributed by atoms with Gasteiger partial charge in [-0.3, -0.25) is 4.79 Å². The van der Waals surface area contributed by atoms with E-state index in [0.717, 1.165) is 10.6 Å². The van der Waals surface area contributed by atoms with E-state index in [9.17, 15) is 4.79 Å². The van der Waals surface area contributed by atoms with Crippen LogP contribution in [0.15, 0.2) is 29.2 Å². The number of ketones is 1. The number of para-hydroxylation sites is 1. The molecule has 0 aliphatic carbocycles. The zero-order chi connectivity index (χ0) is 12.2. The van der Waals surface area contributed by atoms with Crippen LogP contribution in [0.25, 0.3) is 0 Å². The molecule has 0 atom stereocenters. The molecule has 0 spiro atoms. The number of methoxy groups -OCH3 is 1. The standard InChI is InChI=1S/C13H18O2S/c1-13(2,3)12(14)9-16-11-8-6-5-7-10(11)15-4/h5-8H,9H2,1-4H3. The molecule has 0 radical (unpaired) electrons. The molecule has 16 heavy (non-hydrogen) atoms. The van der Waals surface area contributed by atoms with E-state index in [1.807, 2.05) is 45.0 Å². The minimum absolute atomic E-state index is 0.253. The van der Waals surface area contributed by atoms with Gasteiger partial charge in [-0.1, -0.05) is 32.9 Å². The summed E-state index contributed by atoms with van der Waals surface area (Å²) < 4.78 is 5.23. The van der Waals surface area contributed by atoms with E-state index in [-0.39, 0.29) is 11.2 Å². The van der Waals surface area contributed by atoms with Gasteiger partial charge < -0.3 is 4.74 Å². The molecule has 0 aliphatic heterocycles. The van der Waals surface area contributed by atoms with Gasteiger partial charge in [-0.25, -0.2) is 0 Å². The van der Waals surface area contributed by atoms with Gasteiger partial charge in [0.15, 0.2) is 0 Å². The SMILES string of the molecule is COc1ccccc1SCC(=O)C(C)(C)C. The van der Waals surface area contributed by atoms with E-state index in [0.29, 0.717) is 5.75 Å². The topological polar surface area (TPSA) is 26.3 Å². The van der Waals surface area contributed by atoms with Gasteiger partial charge >= 0.3 is 0 Å². The second kappa shape index (κ2) is 5.39. The van der Waals surface area contributed by atoms with E-state index in [1.54, 1.807) is 7.11 Å². The number of thioether (sulfide) groups is 1. The smallest absolute Gasteiger partial charge is 0.148 e.